The number of benzene rings is 6. The van der Waals surface area contributed by atoms with Crippen LogP contribution in [0.3, 0.4) is 0 Å². The van der Waals surface area contributed by atoms with Crippen molar-refractivity contribution in [1.82, 2.24) is 24.1 Å². The van der Waals surface area contributed by atoms with Gasteiger partial charge in [-0.05, 0) is 24.3 Å². The van der Waals surface area contributed by atoms with E-state index in [9.17, 15) is 0 Å². The smallest absolute Gasteiger partial charge is 0.238 e. The van der Waals surface area contributed by atoms with Crippen molar-refractivity contribution in [2.75, 3.05) is 0 Å². The van der Waals surface area contributed by atoms with Gasteiger partial charge in [0.15, 0.2) is 11.6 Å². The van der Waals surface area contributed by atoms with Crippen molar-refractivity contribution >= 4 is 43.6 Å². The number of hydrogen-bond donors (Lipinski definition) is 0. The van der Waals surface area contributed by atoms with Crippen LogP contribution in [0.25, 0.3) is 78.0 Å². The van der Waals surface area contributed by atoms with Gasteiger partial charge in [-0.25, -0.2) is 4.98 Å². The Morgan fingerprint density at radius 3 is 1.50 bits per heavy atom. The van der Waals surface area contributed by atoms with Crippen molar-refractivity contribution in [3.8, 4) is 34.4 Å². The standard InChI is InChI=1S/C39H25N5/c1-4-14-26(15-5-1)37-40-38(27-16-6-2-7-17-27)42-39(41-37)44-34-23-13-11-21-30(34)32-25-24-31-29-20-10-12-22-33(29)43(35(31)36(32)44)28-18-8-3-9-19-28/h1-25H/i1T. The topological polar surface area (TPSA) is 48.5 Å². The lowest BCUT2D eigenvalue weighted by Crippen LogP contribution is -2.07. The number of aromatic nitrogens is 5. The Morgan fingerprint density at radius 2 is 0.886 bits per heavy atom. The Labute approximate surface area is 254 Å². The summed E-state index contributed by atoms with van der Waals surface area (Å²) in [4.78, 5) is 15.2. The van der Waals surface area contributed by atoms with Gasteiger partial charge >= 0.3 is 0 Å². The maximum Gasteiger partial charge on any atom is 0.238 e. The lowest BCUT2D eigenvalue weighted by Gasteiger charge is -2.13. The molecule has 9 rings (SSSR count). The quantitative estimate of drug-likeness (QED) is 0.214. The van der Waals surface area contributed by atoms with E-state index in [0.29, 0.717) is 23.6 Å². The largest absolute Gasteiger partial charge is 0.307 e. The zero-order valence-corrected chi connectivity index (χ0v) is 23.6. The zero-order valence-electron chi connectivity index (χ0n) is 24.6. The first-order valence-corrected chi connectivity index (χ1v) is 14.6. The molecule has 0 amide bonds. The summed E-state index contributed by atoms with van der Waals surface area (Å²) in [6, 6.07) is 49.8. The van der Waals surface area contributed by atoms with Crippen LogP contribution >= 0.6 is 0 Å². The molecule has 0 N–H and O–H groups in total. The molecule has 0 saturated heterocycles. The predicted octanol–water partition coefficient (Wildman–Crippen LogP) is 9.40. The Kier molecular flexibility index (Phi) is 5.20. The van der Waals surface area contributed by atoms with Crippen molar-refractivity contribution in [3.05, 3.63) is 152 Å². The normalized spacial score (nSPS) is 12.0. The Balaban J connectivity index is 1.47. The SMILES string of the molecule is [3H]c1ccc(-c2nc(-c3ccccc3)nc(-n3c4ccccc4c4ccc5c6ccccc6n(-c6ccccc6)c5c43)n2)cc1. The van der Waals surface area contributed by atoms with Gasteiger partial charge in [0.1, 0.15) is 0 Å². The van der Waals surface area contributed by atoms with Gasteiger partial charge in [-0.15, -0.1) is 0 Å². The molecule has 44 heavy (non-hydrogen) atoms. The molecule has 0 atom stereocenters. The van der Waals surface area contributed by atoms with E-state index >= 15 is 0 Å². The van der Waals surface area contributed by atoms with E-state index in [-0.39, 0.29) is 0 Å². The number of fused-ring (bicyclic) bond motifs is 7. The zero-order chi connectivity index (χ0) is 29.9. The van der Waals surface area contributed by atoms with E-state index in [2.05, 4.69) is 100 Å². The minimum Gasteiger partial charge on any atom is -0.307 e. The molecule has 3 aromatic heterocycles. The van der Waals surface area contributed by atoms with E-state index in [1.165, 1.54) is 5.39 Å². The summed E-state index contributed by atoms with van der Waals surface area (Å²) >= 11 is 0. The molecule has 0 radical (unpaired) electrons. The number of rotatable bonds is 4. The molecule has 0 saturated carbocycles. The summed E-state index contributed by atoms with van der Waals surface area (Å²) in [5.41, 5.74) is 7.11. The summed E-state index contributed by atoms with van der Waals surface area (Å²) < 4.78 is 12.6. The van der Waals surface area contributed by atoms with E-state index in [4.69, 9.17) is 16.3 Å². The third-order valence-electron chi connectivity index (χ3n) is 8.32. The van der Waals surface area contributed by atoms with Crippen LogP contribution in [0, 0.1) is 0 Å². The fourth-order valence-corrected chi connectivity index (χ4v) is 6.40. The van der Waals surface area contributed by atoms with Crippen LogP contribution < -0.4 is 0 Å². The predicted molar refractivity (Wildman–Crippen MR) is 179 cm³/mol. The van der Waals surface area contributed by atoms with Gasteiger partial charge in [0.2, 0.25) is 5.95 Å². The molecule has 0 bridgehead atoms. The molecule has 0 aliphatic carbocycles. The molecule has 9 aromatic rings. The van der Waals surface area contributed by atoms with Gasteiger partial charge in [0.05, 0.1) is 23.4 Å². The summed E-state index contributed by atoms with van der Waals surface area (Å²) in [5.74, 6) is 1.69. The molecule has 206 valence electrons. The number of para-hydroxylation sites is 3. The maximum absolute atomic E-state index is 8.02. The molecule has 0 spiro atoms. The minimum atomic E-state index is 0.440. The highest BCUT2D eigenvalue weighted by molar-refractivity contribution is 6.23. The average Bonchev–Trinajstić information content (AvgIpc) is 3.62. The number of hydrogen-bond acceptors (Lipinski definition) is 3. The Hall–Kier alpha value is -6.07. The third-order valence-corrected chi connectivity index (χ3v) is 8.32. The van der Waals surface area contributed by atoms with Crippen molar-refractivity contribution in [2.45, 2.75) is 0 Å². The lowest BCUT2D eigenvalue weighted by molar-refractivity contribution is 0.953. The summed E-state index contributed by atoms with van der Waals surface area (Å²) in [7, 11) is 0. The van der Waals surface area contributed by atoms with Gasteiger partial charge in [0.25, 0.3) is 0 Å². The van der Waals surface area contributed by atoms with Crippen LogP contribution in [0.2, 0.25) is 0 Å². The molecule has 6 aromatic carbocycles. The van der Waals surface area contributed by atoms with Gasteiger partial charge in [-0.1, -0.05) is 127 Å². The maximum atomic E-state index is 8.02. The van der Waals surface area contributed by atoms with Crippen LogP contribution in [0.1, 0.15) is 1.37 Å². The minimum absolute atomic E-state index is 0.440. The highest BCUT2D eigenvalue weighted by Crippen LogP contribution is 2.41. The highest BCUT2D eigenvalue weighted by atomic mass is 15.2. The fraction of sp³-hybridized carbons (Fsp3) is 0. The molecule has 5 heteroatoms. The molecule has 5 nitrogen and oxygen atoms in total. The molecular weight excluding hydrogens is 538 g/mol. The second-order valence-corrected chi connectivity index (χ2v) is 10.8. The Bertz CT molecular complexity index is 2530. The van der Waals surface area contributed by atoms with Crippen LogP contribution in [0.5, 0.6) is 0 Å². The van der Waals surface area contributed by atoms with E-state index in [1.807, 2.05) is 42.5 Å². The Morgan fingerprint density at radius 1 is 0.409 bits per heavy atom. The van der Waals surface area contributed by atoms with Crippen LogP contribution in [0.4, 0.5) is 0 Å². The average molecular weight is 566 g/mol. The molecule has 0 fully saturated rings. The van der Waals surface area contributed by atoms with Crippen LogP contribution in [-0.4, -0.2) is 24.1 Å². The lowest BCUT2D eigenvalue weighted by atomic mass is 10.1. The van der Waals surface area contributed by atoms with Crippen molar-refractivity contribution < 1.29 is 1.37 Å². The van der Waals surface area contributed by atoms with Crippen molar-refractivity contribution in [1.29, 1.82) is 0 Å². The first kappa shape index (κ1) is 23.5. The van der Waals surface area contributed by atoms with Gasteiger partial charge < -0.3 is 4.57 Å². The molecule has 0 aliphatic heterocycles. The van der Waals surface area contributed by atoms with Crippen molar-refractivity contribution in [2.24, 2.45) is 0 Å². The first-order valence-electron chi connectivity index (χ1n) is 15.1. The van der Waals surface area contributed by atoms with Crippen LogP contribution in [0.15, 0.2) is 152 Å². The van der Waals surface area contributed by atoms with E-state index in [1.54, 1.807) is 12.1 Å². The van der Waals surface area contributed by atoms with E-state index < -0.39 is 0 Å². The second kappa shape index (κ2) is 9.75. The van der Waals surface area contributed by atoms with Crippen molar-refractivity contribution in [3.63, 3.8) is 0 Å². The van der Waals surface area contributed by atoms with Gasteiger partial charge in [0, 0.05) is 38.4 Å². The summed E-state index contributed by atoms with van der Waals surface area (Å²) in [6.45, 7) is 0. The second-order valence-electron chi connectivity index (χ2n) is 10.8. The first-order chi connectivity index (χ1) is 22.2. The van der Waals surface area contributed by atoms with Gasteiger partial charge in [-0.3, -0.25) is 4.57 Å². The molecule has 0 aliphatic rings. The highest BCUT2D eigenvalue weighted by Gasteiger charge is 2.23. The fourth-order valence-electron chi connectivity index (χ4n) is 6.40. The molecule has 0 unspecified atom stereocenters. The molecular formula is C39H25N5. The number of nitrogens with zero attached hydrogens (tertiary/aromatic N) is 5. The third kappa shape index (κ3) is 3.69. The molecule has 3 heterocycles. The van der Waals surface area contributed by atoms with E-state index in [0.717, 1.165) is 55.0 Å². The van der Waals surface area contributed by atoms with Crippen LogP contribution in [-0.2, 0) is 0 Å². The summed E-state index contributed by atoms with van der Waals surface area (Å²) in [5, 5.41) is 4.60. The summed E-state index contributed by atoms with van der Waals surface area (Å²) in [6.07, 6.45) is 0. The monoisotopic (exact) mass is 565 g/mol. The van der Waals surface area contributed by atoms with Gasteiger partial charge in [-0.2, -0.15) is 9.97 Å².